The number of nitrogens with two attached hydrogens (primary N) is 1. The van der Waals surface area contributed by atoms with Gasteiger partial charge < -0.3 is 5.73 Å². The molecule has 0 heterocycles. The molecule has 6 heteroatoms. The molecule has 17 heavy (non-hydrogen) atoms. The van der Waals surface area contributed by atoms with E-state index in [0.717, 1.165) is 10.0 Å². The fourth-order valence-corrected chi connectivity index (χ4v) is 4.50. The minimum atomic E-state index is -3.11. The first kappa shape index (κ1) is 13.0. The van der Waals surface area contributed by atoms with Crippen LogP contribution in [0.1, 0.15) is 11.5 Å². The summed E-state index contributed by atoms with van der Waals surface area (Å²) in [5.74, 6) is -0.309. The molecule has 3 atom stereocenters. The Morgan fingerprint density at radius 2 is 1.88 bits per heavy atom. The van der Waals surface area contributed by atoms with Gasteiger partial charge in [0.15, 0.2) is 9.84 Å². The molecule has 0 aromatic heterocycles. The number of rotatable bonds is 3. The average molecular weight is 334 g/mol. The van der Waals surface area contributed by atoms with Crippen LogP contribution in [-0.2, 0) is 9.84 Å². The Balaban J connectivity index is 2.34. The van der Waals surface area contributed by atoms with E-state index in [1.165, 1.54) is 6.26 Å². The van der Waals surface area contributed by atoms with Crippen molar-refractivity contribution in [1.82, 2.24) is 0 Å². The molecular weight excluding hydrogens is 322 g/mol. The van der Waals surface area contributed by atoms with Gasteiger partial charge in [0.05, 0.1) is 10.2 Å². The van der Waals surface area contributed by atoms with Gasteiger partial charge in [0.1, 0.15) is 0 Å². The molecule has 0 spiro atoms. The van der Waals surface area contributed by atoms with Gasteiger partial charge >= 0.3 is 0 Å². The fourth-order valence-electron chi connectivity index (χ4n) is 2.24. The summed E-state index contributed by atoms with van der Waals surface area (Å²) in [5, 5.41) is -0.457. The molecule has 2 rings (SSSR count). The minimum Gasteiger partial charge on any atom is -0.393 e. The number of hydrogen-bond acceptors (Lipinski definition) is 3. The number of thiocarbonyl (C=S) groups is 1. The third kappa shape index (κ3) is 2.53. The van der Waals surface area contributed by atoms with E-state index in [2.05, 4.69) is 15.9 Å². The van der Waals surface area contributed by atoms with Crippen molar-refractivity contribution < 1.29 is 8.42 Å². The zero-order valence-electron chi connectivity index (χ0n) is 9.13. The average Bonchev–Trinajstić information content (AvgIpc) is 2.93. The topological polar surface area (TPSA) is 60.2 Å². The zero-order chi connectivity index (χ0) is 12.8. The van der Waals surface area contributed by atoms with Crippen LogP contribution in [0.3, 0.4) is 0 Å². The van der Waals surface area contributed by atoms with Gasteiger partial charge in [-0.1, -0.05) is 40.3 Å². The first-order valence-corrected chi connectivity index (χ1v) is 8.21. The first-order valence-electron chi connectivity index (χ1n) is 5.06. The number of halogens is 1. The predicted octanol–water partition coefficient (Wildman–Crippen LogP) is 1.86. The Labute approximate surface area is 114 Å². The van der Waals surface area contributed by atoms with Gasteiger partial charge in [-0.3, -0.25) is 0 Å². The maximum absolute atomic E-state index is 11.6. The highest BCUT2D eigenvalue weighted by molar-refractivity contribution is 9.10. The van der Waals surface area contributed by atoms with E-state index in [1.807, 2.05) is 24.3 Å². The molecular formula is C11H12BrNO2S2. The Hall–Kier alpha value is -0.460. The highest BCUT2D eigenvalue weighted by Crippen LogP contribution is 2.52. The second kappa shape index (κ2) is 4.33. The molecule has 0 amide bonds. The van der Waals surface area contributed by atoms with Crippen LogP contribution in [0.5, 0.6) is 0 Å². The normalized spacial score (nSPS) is 27.8. The summed E-state index contributed by atoms with van der Waals surface area (Å²) in [5.41, 5.74) is 6.57. The minimum absolute atomic E-state index is 0.0874. The zero-order valence-corrected chi connectivity index (χ0v) is 12.3. The van der Waals surface area contributed by atoms with Gasteiger partial charge in [-0.05, 0) is 17.7 Å². The van der Waals surface area contributed by atoms with Crippen molar-refractivity contribution in [2.45, 2.75) is 11.2 Å². The predicted molar refractivity (Wildman–Crippen MR) is 75.8 cm³/mol. The molecule has 0 radical (unpaired) electrons. The van der Waals surface area contributed by atoms with E-state index in [9.17, 15) is 8.42 Å². The maximum atomic E-state index is 11.6. The molecule has 1 saturated carbocycles. The third-order valence-electron chi connectivity index (χ3n) is 3.03. The molecule has 1 aromatic carbocycles. The van der Waals surface area contributed by atoms with Gasteiger partial charge in [0.2, 0.25) is 0 Å². The fraction of sp³-hybridized carbons (Fsp3) is 0.364. The Morgan fingerprint density at radius 1 is 1.35 bits per heavy atom. The van der Waals surface area contributed by atoms with Crippen molar-refractivity contribution in [2.75, 3.05) is 6.26 Å². The molecule has 0 aliphatic heterocycles. The molecule has 0 unspecified atom stereocenters. The van der Waals surface area contributed by atoms with Crippen LogP contribution >= 0.6 is 28.1 Å². The van der Waals surface area contributed by atoms with Crippen LogP contribution in [0.2, 0.25) is 0 Å². The molecule has 92 valence electrons. The van der Waals surface area contributed by atoms with Crippen LogP contribution in [0.25, 0.3) is 0 Å². The van der Waals surface area contributed by atoms with Crippen molar-refractivity contribution >= 4 is 43.0 Å². The summed E-state index contributed by atoms with van der Waals surface area (Å²) >= 11 is 8.28. The lowest BCUT2D eigenvalue weighted by atomic mass is 10.1. The Kier molecular flexibility index (Phi) is 3.31. The van der Waals surface area contributed by atoms with E-state index >= 15 is 0 Å². The summed E-state index contributed by atoms with van der Waals surface area (Å²) in [6.07, 6.45) is 1.24. The second-order valence-electron chi connectivity index (χ2n) is 4.30. The molecule has 3 nitrogen and oxygen atoms in total. The van der Waals surface area contributed by atoms with Crippen LogP contribution < -0.4 is 5.73 Å². The summed E-state index contributed by atoms with van der Waals surface area (Å²) < 4.78 is 24.2. The van der Waals surface area contributed by atoms with Gasteiger partial charge in [-0.15, -0.1) is 0 Å². The Bertz CT molecular complexity index is 553. The van der Waals surface area contributed by atoms with Gasteiger partial charge in [-0.2, -0.15) is 0 Å². The quantitative estimate of drug-likeness (QED) is 0.858. The summed E-state index contributed by atoms with van der Waals surface area (Å²) in [6, 6.07) is 7.60. The lowest BCUT2D eigenvalue weighted by Gasteiger charge is -1.99. The summed E-state index contributed by atoms with van der Waals surface area (Å²) in [7, 11) is -3.11. The molecule has 1 aliphatic rings. The molecule has 1 fully saturated rings. The van der Waals surface area contributed by atoms with Gasteiger partial charge in [0.25, 0.3) is 0 Å². The highest BCUT2D eigenvalue weighted by Gasteiger charge is 2.58. The largest absolute Gasteiger partial charge is 0.393 e. The van der Waals surface area contributed by atoms with Crippen LogP contribution in [0.15, 0.2) is 28.7 Å². The number of benzene rings is 1. The first-order chi connectivity index (χ1) is 7.82. The molecule has 0 saturated heterocycles. The molecule has 0 bridgehead atoms. The van der Waals surface area contributed by atoms with E-state index in [4.69, 9.17) is 18.0 Å². The van der Waals surface area contributed by atoms with E-state index in [-0.39, 0.29) is 16.8 Å². The van der Waals surface area contributed by atoms with E-state index in [1.54, 1.807) is 0 Å². The van der Waals surface area contributed by atoms with Crippen LogP contribution in [-0.4, -0.2) is 24.9 Å². The smallest absolute Gasteiger partial charge is 0.151 e. The number of sulfone groups is 1. The standard InChI is InChI=1S/C11H12BrNO2S2/c1-17(14,15)10-8(9(10)11(13)16)6-2-4-7(12)5-3-6/h2-5,8-10H,1H3,(H2,13,16)/t8-,9+,10+/m1/s1. The third-order valence-corrected chi connectivity index (χ3v) is 5.41. The van der Waals surface area contributed by atoms with Crippen molar-refractivity contribution in [2.24, 2.45) is 11.7 Å². The van der Waals surface area contributed by atoms with Crippen LogP contribution in [0, 0.1) is 5.92 Å². The summed E-state index contributed by atoms with van der Waals surface area (Å²) in [6.45, 7) is 0. The van der Waals surface area contributed by atoms with Crippen molar-refractivity contribution in [3.63, 3.8) is 0 Å². The van der Waals surface area contributed by atoms with Crippen LogP contribution in [0.4, 0.5) is 0 Å². The second-order valence-corrected chi connectivity index (χ2v) is 7.89. The van der Waals surface area contributed by atoms with Crippen molar-refractivity contribution in [1.29, 1.82) is 0 Å². The maximum Gasteiger partial charge on any atom is 0.151 e. The molecule has 2 N–H and O–H groups in total. The van der Waals surface area contributed by atoms with Gasteiger partial charge in [-0.25, -0.2) is 8.42 Å². The monoisotopic (exact) mass is 333 g/mol. The molecule has 1 aromatic rings. The van der Waals surface area contributed by atoms with Crippen molar-refractivity contribution in [3.8, 4) is 0 Å². The van der Waals surface area contributed by atoms with Crippen molar-refractivity contribution in [3.05, 3.63) is 34.3 Å². The summed E-state index contributed by atoms with van der Waals surface area (Å²) in [4.78, 5) is 0.286. The molecule has 1 aliphatic carbocycles. The lowest BCUT2D eigenvalue weighted by molar-refractivity contribution is 0.599. The highest BCUT2D eigenvalue weighted by atomic mass is 79.9. The Morgan fingerprint density at radius 3 is 2.24 bits per heavy atom. The van der Waals surface area contributed by atoms with E-state index < -0.39 is 15.1 Å². The number of hydrogen-bond donors (Lipinski definition) is 1. The van der Waals surface area contributed by atoms with Gasteiger partial charge in [0, 0.05) is 22.6 Å². The lowest BCUT2D eigenvalue weighted by Crippen LogP contribution is -2.16. The SMILES string of the molecule is CS(=O)(=O)[C@@H]1[C@@H](C(N)=S)[C@H]1c1ccc(Br)cc1. The van der Waals surface area contributed by atoms with E-state index in [0.29, 0.717) is 0 Å².